The second-order valence-electron chi connectivity index (χ2n) is 10.3. The molecule has 4 rings (SSSR count). The molecule has 11 heteroatoms. The van der Waals surface area contributed by atoms with E-state index in [1.165, 1.54) is 22.0 Å². The Morgan fingerprint density at radius 2 is 1.65 bits per heavy atom. The van der Waals surface area contributed by atoms with Crippen LogP contribution < -0.4 is 10.4 Å². The minimum Gasteiger partial charge on any atom is -0.388 e. The highest BCUT2D eigenvalue weighted by Crippen LogP contribution is 2.29. The number of hydrogen-bond donors (Lipinski definition) is 3. The molecule has 2 aliphatic heterocycles. The molecule has 2 aromatic rings. The van der Waals surface area contributed by atoms with Crippen LogP contribution in [-0.2, 0) is 10.2 Å². The molecule has 1 saturated heterocycles. The van der Waals surface area contributed by atoms with Gasteiger partial charge in [-0.25, -0.2) is 5.43 Å². The van der Waals surface area contributed by atoms with Gasteiger partial charge in [-0.3, -0.25) is 14.4 Å². The number of hydrazone groups is 2. The lowest BCUT2D eigenvalue weighted by molar-refractivity contribution is -0.118. The summed E-state index contributed by atoms with van der Waals surface area (Å²) in [6, 6.07) is 10.7. The van der Waals surface area contributed by atoms with Crippen molar-refractivity contribution in [3.63, 3.8) is 0 Å². The van der Waals surface area contributed by atoms with E-state index < -0.39 is 24.0 Å². The van der Waals surface area contributed by atoms with Crippen LogP contribution in [0.25, 0.3) is 0 Å². The molecule has 1 fully saturated rings. The number of carbonyl (C=O) groups is 3. The number of thiophene rings is 1. The van der Waals surface area contributed by atoms with E-state index in [2.05, 4.69) is 36.4 Å². The molecule has 3 N–H and O–H groups in total. The number of β-amino-alcohol motifs (C(OH)–C–C–N with tert-alkyl or cyclic N) is 2. The van der Waals surface area contributed by atoms with Crippen LogP contribution in [0.1, 0.15) is 59.5 Å². The van der Waals surface area contributed by atoms with Crippen molar-refractivity contribution < 1.29 is 24.6 Å². The molecule has 0 saturated carbocycles. The highest BCUT2D eigenvalue weighted by molar-refractivity contribution is 7.15. The Hall–Kier alpha value is -3.41. The number of nitrogens with one attached hydrogen (secondary N) is 1. The number of anilines is 1. The standard InChI is InChI=1S/C26H31N5O5S/c1-14(22-15(2)29-31(25(22)36)17-8-6-16(7-9-17)26(3,4)5)27-28-23(34)20-10-11-21(37-20)24(35)30-12-18(32)19(33)13-30/h6-11,18-19,22,32-33H,12-13H2,1-5H3,(H,28,34)/b27-14+. The Morgan fingerprint density at radius 3 is 2.24 bits per heavy atom. The third kappa shape index (κ3) is 5.48. The first-order valence-corrected chi connectivity index (χ1v) is 12.8. The van der Waals surface area contributed by atoms with Crippen LogP contribution in [0.15, 0.2) is 46.6 Å². The van der Waals surface area contributed by atoms with Crippen molar-refractivity contribution in [3.8, 4) is 0 Å². The van der Waals surface area contributed by atoms with E-state index in [1.807, 2.05) is 24.3 Å². The van der Waals surface area contributed by atoms with E-state index in [-0.39, 0.29) is 35.2 Å². The van der Waals surface area contributed by atoms with Gasteiger partial charge in [-0.15, -0.1) is 11.3 Å². The highest BCUT2D eigenvalue weighted by atomic mass is 32.1. The molecule has 1 aromatic carbocycles. The number of hydrogen-bond acceptors (Lipinski definition) is 8. The Kier molecular flexibility index (Phi) is 7.31. The van der Waals surface area contributed by atoms with Gasteiger partial charge in [0, 0.05) is 13.1 Å². The van der Waals surface area contributed by atoms with Crippen molar-refractivity contribution in [1.29, 1.82) is 0 Å². The average molecular weight is 526 g/mol. The lowest BCUT2D eigenvalue weighted by Crippen LogP contribution is -2.33. The third-order valence-corrected chi connectivity index (χ3v) is 7.52. The Labute approximate surface area is 219 Å². The van der Waals surface area contributed by atoms with Crippen LogP contribution in [0.3, 0.4) is 0 Å². The van der Waals surface area contributed by atoms with Crippen LogP contribution in [0, 0.1) is 5.92 Å². The van der Waals surface area contributed by atoms with Gasteiger partial charge >= 0.3 is 0 Å². The van der Waals surface area contributed by atoms with Gasteiger partial charge in [0.1, 0.15) is 5.92 Å². The molecule has 0 bridgehead atoms. The molecule has 3 atom stereocenters. The summed E-state index contributed by atoms with van der Waals surface area (Å²) in [5.41, 5.74) is 5.22. The van der Waals surface area contributed by atoms with E-state index in [4.69, 9.17) is 0 Å². The summed E-state index contributed by atoms with van der Waals surface area (Å²) in [6.45, 7) is 9.84. The van der Waals surface area contributed by atoms with Gasteiger partial charge in [0.2, 0.25) is 0 Å². The maximum absolute atomic E-state index is 13.1. The fourth-order valence-corrected chi connectivity index (χ4v) is 5.12. The number of aliphatic hydroxyl groups is 2. The van der Waals surface area contributed by atoms with Crippen molar-refractivity contribution in [1.82, 2.24) is 10.3 Å². The molecule has 196 valence electrons. The number of aliphatic hydroxyl groups excluding tert-OH is 2. The van der Waals surface area contributed by atoms with Crippen LogP contribution in [0.4, 0.5) is 5.69 Å². The Bertz CT molecular complexity index is 1270. The summed E-state index contributed by atoms with van der Waals surface area (Å²) in [7, 11) is 0. The number of rotatable bonds is 5. The summed E-state index contributed by atoms with van der Waals surface area (Å²) >= 11 is 0.989. The van der Waals surface area contributed by atoms with E-state index in [1.54, 1.807) is 13.8 Å². The predicted octanol–water partition coefficient (Wildman–Crippen LogP) is 2.37. The first-order valence-electron chi connectivity index (χ1n) is 12.0. The van der Waals surface area contributed by atoms with Crippen LogP contribution in [-0.4, -0.2) is 69.6 Å². The van der Waals surface area contributed by atoms with Crippen LogP contribution in [0.5, 0.6) is 0 Å². The molecule has 3 heterocycles. The maximum atomic E-state index is 13.1. The first kappa shape index (κ1) is 26.6. The highest BCUT2D eigenvalue weighted by Gasteiger charge is 2.37. The minimum atomic E-state index is -0.979. The van der Waals surface area contributed by atoms with E-state index in [0.717, 1.165) is 16.9 Å². The molecule has 0 radical (unpaired) electrons. The molecular formula is C26H31N5O5S. The SMILES string of the molecule is CC1=NN(c2ccc(C(C)(C)C)cc2)C(=O)C1/C(C)=N/NC(=O)c1ccc(C(=O)N2CC(O)C(O)C2)s1. The second kappa shape index (κ2) is 10.2. The van der Waals surface area contributed by atoms with Gasteiger partial charge < -0.3 is 15.1 Å². The monoisotopic (exact) mass is 525 g/mol. The van der Waals surface area contributed by atoms with Crippen molar-refractivity contribution >= 4 is 46.2 Å². The van der Waals surface area contributed by atoms with E-state index in [0.29, 0.717) is 22.0 Å². The van der Waals surface area contributed by atoms with E-state index in [9.17, 15) is 24.6 Å². The maximum Gasteiger partial charge on any atom is 0.281 e. The minimum absolute atomic E-state index is 0.00744. The lowest BCUT2D eigenvalue weighted by atomic mass is 9.87. The van der Waals surface area contributed by atoms with Crippen molar-refractivity contribution in [3.05, 3.63) is 51.7 Å². The van der Waals surface area contributed by atoms with Crippen molar-refractivity contribution in [2.75, 3.05) is 18.1 Å². The summed E-state index contributed by atoms with van der Waals surface area (Å²) in [4.78, 5) is 40.3. The average Bonchev–Trinajstić information content (AvgIpc) is 3.54. The summed E-state index contributed by atoms with van der Waals surface area (Å²) in [5.74, 6) is -1.83. The summed E-state index contributed by atoms with van der Waals surface area (Å²) in [6.07, 6.45) is -1.96. The van der Waals surface area contributed by atoms with Gasteiger partial charge in [-0.1, -0.05) is 32.9 Å². The van der Waals surface area contributed by atoms with Gasteiger partial charge in [-0.05, 0) is 49.1 Å². The number of likely N-dealkylation sites (tertiary alicyclic amines) is 1. The Morgan fingerprint density at radius 1 is 1.05 bits per heavy atom. The third-order valence-electron chi connectivity index (χ3n) is 6.45. The molecule has 37 heavy (non-hydrogen) atoms. The topological polar surface area (TPSA) is 135 Å². The van der Waals surface area contributed by atoms with E-state index >= 15 is 0 Å². The van der Waals surface area contributed by atoms with Crippen LogP contribution >= 0.6 is 11.3 Å². The van der Waals surface area contributed by atoms with Crippen LogP contribution in [0.2, 0.25) is 0 Å². The van der Waals surface area contributed by atoms with Gasteiger partial charge in [0.05, 0.1) is 39.1 Å². The number of amides is 3. The molecular weight excluding hydrogens is 494 g/mol. The first-order chi connectivity index (χ1) is 17.4. The van der Waals surface area contributed by atoms with Gasteiger partial charge in [0.25, 0.3) is 17.7 Å². The summed E-state index contributed by atoms with van der Waals surface area (Å²) < 4.78 is 0. The zero-order chi connectivity index (χ0) is 27.1. The normalized spacial score (nSPS) is 22.5. The van der Waals surface area contributed by atoms with Crippen molar-refractivity contribution in [2.45, 2.75) is 52.2 Å². The Balaban J connectivity index is 1.40. The zero-order valence-electron chi connectivity index (χ0n) is 21.4. The lowest BCUT2D eigenvalue weighted by Gasteiger charge is -2.20. The number of carbonyl (C=O) groups excluding carboxylic acids is 3. The smallest absolute Gasteiger partial charge is 0.281 e. The van der Waals surface area contributed by atoms with Gasteiger partial charge in [0.15, 0.2) is 0 Å². The molecule has 3 unspecified atom stereocenters. The zero-order valence-corrected chi connectivity index (χ0v) is 22.2. The molecule has 1 aromatic heterocycles. The van der Waals surface area contributed by atoms with Gasteiger partial charge in [-0.2, -0.15) is 15.2 Å². The fraction of sp³-hybridized carbons (Fsp3) is 0.423. The molecule has 10 nitrogen and oxygen atoms in total. The molecule has 0 spiro atoms. The number of nitrogens with zero attached hydrogens (tertiary/aromatic N) is 4. The summed E-state index contributed by atoms with van der Waals surface area (Å²) in [5, 5.41) is 29.3. The molecule has 2 aliphatic rings. The largest absolute Gasteiger partial charge is 0.388 e. The fourth-order valence-electron chi connectivity index (χ4n) is 4.26. The molecule has 0 aliphatic carbocycles. The predicted molar refractivity (Wildman–Crippen MR) is 142 cm³/mol. The quantitative estimate of drug-likeness (QED) is 0.407. The molecule has 3 amide bonds. The number of benzene rings is 1. The second-order valence-corrected chi connectivity index (χ2v) is 11.4. The van der Waals surface area contributed by atoms with Crippen molar-refractivity contribution in [2.24, 2.45) is 16.1 Å².